The van der Waals surface area contributed by atoms with E-state index in [4.69, 9.17) is 0 Å². The second-order valence-electron chi connectivity index (χ2n) is 6.15. The highest BCUT2D eigenvalue weighted by Crippen LogP contribution is 2.36. The Morgan fingerprint density at radius 3 is 2.80 bits per heavy atom. The van der Waals surface area contributed by atoms with E-state index < -0.39 is 10.0 Å². The maximum atomic E-state index is 12.6. The van der Waals surface area contributed by atoms with Gasteiger partial charge in [-0.2, -0.15) is 0 Å². The van der Waals surface area contributed by atoms with Gasteiger partial charge in [-0.25, -0.2) is 13.1 Å². The second kappa shape index (κ2) is 6.13. The van der Waals surface area contributed by atoms with Crippen molar-refractivity contribution in [3.05, 3.63) is 16.3 Å². The minimum Gasteiger partial charge on any atom is -0.315 e. The van der Waals surface area contributed by atoms with E-state index in [2.05, 4.69) is 23.9 Å². The lowest BCUT2D eigenvalue weighted by atomic mass is 9.74. The molecule has 0 radical (unpaired) electrons. The third kappa shape index (κ3) is 3.42. The van der Waals surface area contributed by atoms with Crippen LogP contribution in [0, 0.1) is 5.41 Å². The van der Waals surface area contributed by atoms with Gasteiger partial charge in [-0.15, -0.1) is 11.3 Å². The molecule has 2 rings (SSSR count). The molecule has 1 saturated carbocycles. The average molecular weight is 316 g/mol. The van der Waals surface area contributed by atoms with E-state index in [0.717, 1.165) is 24.1 Å². The van der Waals surface area contributed by atoms with Gasteiger partial charge in [-0.3, -0.25) is 0 Å². The van der Waals surface area contributed by atoms with Crippen LogP contribution in [0.2, 0.25) is 0 Å². The Hall–Kier alpha value is -0.430. The van der Waals surface area contributed by atoms with Crippen molar-refractivity contribution >= 4 is 21.4 Å². The molecule has 1 unspecified atom stereocenters. The molecule has 0 spiro atoms. The highest BCUT2D eigenvalue weighted by Gasteiger charge is 2.35. The fraction of sp³-hybridized carbons (Fsp3) is 0.714. The minimum absolute atomic E-state index is 0.0311. The fourth-order valence-corrected chi connectivity index (χ4v) is 5.72. The smallest absolute Gasteiger partial charge is 0.241 e. The molecule has 20 heavy (non-hydrogen) atoms. The second-order valence-corrected chi connectivity index (χ2v) is 8.83. The zero-order chi connectivity index (χ0) is 14.8. The lowest BCUT2D eigenvalue weighted by Crippen LogP contribution is -2.46. The predicted octanol–water partition coefficient (Wildman–Crippen LogP) is 2.71. The summed E-state index contributed by atoms with van der Waals surface area (Å²) < 4.78 is 28.2. The van der Waals surface area contributed by atoms with Crippen LogP contribution in [0.4, 0.5) is 0 Å². The number of hydrogen-bond acceptors (Lipinski definition) is 4. The molecule has 1 heterocycles. The van der Waals surface area contributed by atoms with Crippen molar-refractivity contribution in [3.8, 4) is 0 Å². The van der Waals surface area contributed by atoms with Gasteiger partial charge in [0.25, 0.3) is 0 Å². The van der Waals surface area contributed by atoms with E-state index in [9.17, 15) is 8.42 Å². The summed E-state index contributed by atoms with van der Waals surface area (Å²) >= 11 is 1.48. The van der Waals surface area contributed by atoms with Crippen molar-refractivity contribution in [1.82, 2.24) is 10.0 Å². The largest absolute Gasteiger partial charge is 0.315 e. The first-order valence-electron chi connectivity index (χ1n) is 7.10. The monoisotopic (exact) mass is 316 g/mol. The number of rotatable bonds is 5. The third-order valence-electron chi connectivity index (χ3n) is 4.14. The molecule has 1 aromatic heterocycles. The summed E-state index contributed by atoms with van der Waals surface area (Å²) in [5.74, 6) is 0. The summed E-state index contributed by atoms with van der Waals surface area (Å²) in [4.78, 5) is 1.30. The SMILES string of the molecule is CNCc1sccc1S(=O)(=O)NC1CCCCC1(C)C. The highest BCUT2D eigenvalue weighted by molar-refractivity contribution is 7.89. The molecule has 0 saturated heterocycles. The Balaban J connectivity index is 2.20. The molecule has 1 aromatic rings. The zero-order valence-corrected chi connectivity index (χ0v) is 14.0. The van der Waals surface area contributed by atoms with Crippen LogP contribution >= 0.6 is 11.3 Å². The van der Waals surface area contributed by atoms with Gasteiger partial charge in [0, 0.05) is 17.5 Å². The quantitative estimate of drug-likeness (QED) is 0.878. The lowest BCUT2D eigenvalue weighted by molar-refractivity contribution is 0.188. The normalized spacial score (nSPS) is 22.9. The Bertz CT molecular complexity index is 549. The van der Waals surface area contributed by atoms with E-state index in [1.165, 1.54) is 17.8 Å². The van der Waals surface area contributed by atoms with Gasteiger partial charge in [-0.05, 0) is 36.8 Å². The van der Waals surface area contributed by atoms with Gasteiger partial charge < -0.3 is 5.32 Å². The maximum Gasteiger partial charge on any atom is 0.241 e. The summed E-state index contributed by atoms with van der Waals surface area (Å²) in [6, 6.07) is 1.73. The summed E-state index contributed by atoms with van der Waals surface area (Å²) in [6.07, 6.45) is 4.29. The van der Waals surface area contributed by atoms with Crippen LogP contribution in [-0.2, 0) is 16.6 Å². The van der Waals surface area contributed by atoms with Crippen LogP contribution in [0.15, 0.2) is 16.3 Å². The molecule has 0 amide bonds. The standard InChI is InChI=1S/C14H24N2O2S2/c1-14(2)8-5-4-6-13(14)16-20(17,18)12-7-9-19-11(12)10-15-3/h7,9,13,15-16H,4-6,8,10H2,1-3H3. The van der Waals surface area contributed by atoms with Gasteiger partial charge in [0.1, 0.15) is 0 Å². The van der Waals surface area contributed by atoms with Crippen molar-refractivity contribution in [1.29, 1.82) is 0 Å². The number of nitrogens with one attached hydrogen (secondary N) is 2. The van der Waals surface area contributed by atoms with Crippen LogP contribution in [0.3, 0.4) is 0 Å². The molecule has 1 aliphatic carbocycles. The van der Waals surface area contributed by atoms with Crippen molar-refractivity contribution in [2.45, 2.75) is 57.0 Å². The van der Waals surface area contributed by atoms with Crippen LogP contribution in [-0.4, -0.2) is 21.5 Å². The molecule has 1 aliphatic rings. The third-order valence-corrected chi connectivity index (χ3v) is 6.74. The first kappa shape index (κ1) is 15.9. The van der Waals surface area contributed by atoms with Crippen molar-refractivity contribution in [2.75, 3.05) is 7.05 Å². The molecule has 0 bridgehead atoms. The summed E-state index contributed by atoms with van der Waals surface area (Å²) in [5.41, 5.74) is 0.0323. The van der Waals surface area contributed by atoms with Gasteiger partial charge in [0.15, 0.2) is 0 Å². The molecule has 4 nitrogen and oxygen atoms in total. The number of hydrogen-bond donors (Lipinski definition) is 2. The van der Waals surface area contributed by atoms with Crippen molar-refractivity contribution in [3.63, 3.8) is 0 Å². The van der Waals surface area contributed by atoms with Crippen molar-refractivity contribution < 1.29 is 8.42 Å². The Kier molecular flexibility index (Phi) is 4.89. The average Bonchev–Trinajstić information content (AvgIpc) is 2.81. The fourth-order valence-electron chi connectivity index (χ4n) is 2.82. The first-order valence-corrected chi connectivity index (χ1v) is 9.46. The molecule has 1 fully saturated rings. The van der Waals surface area contributed by atoms with Gasteiger partial charge in [-0.1, -0.05) is 26.7 Å². The van der Waals surface area contributed by atoms with E-state index in [0.29, 0.717) is 11.4 Å². The highest BCUT2D eigenvalue weighted by atomic mass is 32.2. The zero-order valence-electron chi connectivity index (χ0n) is 12.4. The van der Waals surface area contributed by atoms with Gasteiger partial charge >= 0.3 is 0 Å². The van der Waals surface area contributed by atoms with Crippen LogP contribution in [0.1, 0.15) is 44.4 Å². The van der Waals surface area contributed by atoms with Crippen molar-refractivity contribution in [2.24, 2.45) is 5.41 Å². The van der Waals surface area contributed by atoms with E-state index in [-0.39, 0.29) is 11.5 Å². The molecule has 1 atom stereocenters. The van der Waals surface area contributed by atoms with Crippen LogP contribution in [0.5, 0.6) is 0 Å². The van der Waals surface area contributed by atoms with E-state index >= 15 is 0 Å². The number of thiophene rings is 1. The molecule has 0 aliphatic heterocycles. The predicted molar refractivity (Wildman–Crippen MR) is 83.4 cm³/mol. The van der Waals surface area contributed by atoms with Gasteiger partial charge in [0.2, 0.25) is 10.0 Å². The first-order chi connectivity index (χ1) is 9.37. The minimum atomic E-state index is -3.42. The molecular weight excluding hydrogens is 292 g/mol. The molecular formula is C14H24N2O2S2. The van der Waals surface area contributed by atoms with Gasteiger partial charge in [0.05, 0.1) is 4.90 Å². The Morgan fingerprint density at radius 2 is 2.15 bits per heavy atom. The summed E-state index contributed by atoms with van der Waals surface area (Å²) in [6.45, 7) is 4.89. The topological polar surface area (TPSA) is 58.2 Å². The lowest BCUT2D eigenvalue weighted by Gasteiger charge is -2.38. The van der Waals surface area contributed by atoms with E-state index in [1.54, 1.807) is 6.07 Å². The van der Waals surface area contributed by atoms with Crippen LogP contribution < -0.4 is 10.0 Å². The number of sulfonamides is 1. The van der Waals surface area contributed by atoms with E-state index in [1.807, 2.05) is 12.4 Å². The van der Waals surface area contributed by atoms with Crippen LogP contribution in [0.25, 0.3) is 0 Å². The Morgan fingerprint density at radius 1 is 1.40 bits per heavy atom. The summed E-state index contributed by atoms with van der Waals surface area (Å²) in [5, 5.41) is 4.86. The summed E-state index contributed by atoms with van der Waals surface area (Å²) in [7, 11) is -1.59. The maximum absolute atomic E-state index is 12.6. The Labute approximate surface area is 126 Å². The molecule has 0 aromatic carbocycles. The molecule has 2 N–H and O–H groups in total. The molecule has 114 valence electrons. The molecule has 6 heteroatoms.